The van der Waals surface area contributed by atoms with Gasteiger partial charge in [0, 0.05) is 23.2 Å². The van der Waals surface area contributed by atoms with Crippen LogP contribution in [0.2, 0.25) is 0 Å². The van der Waals surface area contributed by atoms with Crippen LogP contribution in [0.25, 0.3) is 22.5 Å². The topological polar surface area (TPSA) is 109 Å². The van der Waals surface area contributed by atoms with Gasteiger partial charge in [-0.15, -0.1) is 10.2 Å². The molecule has 0 unspecified atom stereocenters. The van der Waals surface area contributed by atoms with Gasteiger partial charge in [-0.2, -0.15) is 10.3 Å². The largest absolute Gasteiger partial charge is 0.382 e. The summed E-state index contributed by atoms with van der Waals surface area (Å²) >= 11 is 0. The summed E-state index contributed by atoms with van der Waals surface area (Å²) < 4.78 is 0. The highest BCUT2D eigenvalue weighted by Crippen LogP contribution is 2.30. The first kappa shape index (κ1) is 17.0. The standard InChI is InChI=1S/C20H21N7/c1-2-5-18-17(19(21)23-22-18)12-13-8-10-14(11-9-13)15-6-3-4-7-16(15)20-24-26-27-25-20/h3-4,6-11H,2,5,12H2,1H3,(H3,21,22,23)(H,24,25,26,27). The van der Waals surface area contributed by atoms with Gasteiger partial charge in [-0.25, -0.2) is 0 Å². The lowest BCUT2D eigenvalue weighted by molar-refractivity contribution is 0.856. The third-order valence-electron chi connectivity index (χ3n) is 4.64. The first-order valence-corrected chi connectivity index (χ1v) is 9.00. The van der Waals surface area contributed by atoms with Crippen LogP contribution in [0.15, 0.2) is 48.5 Å². The fourth-order valence-electron chi connectivity index (χ4n) is 3.28. The molecule has 0 amide bonds. The lowest BCUT2D eigenvalue weighted by atomic mass is 9.96. The Hall–Kier alpha value is -3.48. The van der Waals surface area contributed by atoms with Crippen LogP contribution in [0.1, 0.15) is 30.2 Å². The van der Waals surface area contributed by atoms with Crippen LogP contribution in [0.4, 0.5) is 5.82 Å². The van der Waals surface area contributed by atoms with Crippen molar-refractivity contribution in [2.45, 2.75) is 26.2 Å². The summed E-state index contributed by atoms with van der Waals surface area (Å²) in [5.74, 6) is 1.18. The molecule has 7 heteroatoms. The zero-order valence-electron chi connectivity index (χ0n) is 15.1. The Morgan fingerprint density at radius 3 is 2.44 bits per heavy atom. The Labute approximate surface area is 157 Å². The summed E-state index contributed by atoms with van der Waals surface area (Å²) in [4.78, 5) is 0. The van der Waals surface area contributed by atoms with Gasteiger partial charge in [-0.05, 0) is 28.3 Å². The monoisotopic (exact) mass is 359 g/mol. The number of nitrogens with zero attached hydrogens (tertiary/aromatic N) is 4. The number of rotatable bonds is 6. The molecule has 0 bridgehead atoms. The molecule has 2 heterocycles. The lowest BCUT2D eigenvalue weighted by Crippen LogP contribution is -1.97. The zero-order valence-corrected chi connectivity index (χ0v) is 15.1. The van der Waals surface area contributed by atoms with E-state index in [1.807, 2.05) is 18.2 Å². The molecule has 0 aliphatic carbocycles. The molecular formula is C20H21N7. The average Bonchev–Trinajstić information content (AvgIpc) is 3.35. The predicted octanol–water partition coefficient (Wildman–Crippen LogP) is 3.38. The van der Waals surface area contributed by atoms with Gasteiger partial charge < -0.3 is 5.73 Å². The van der Waals surface area contributed by atoms with E-state index in [4.69, 9.17) is 5.73 Å². The average molecular weight is 359 g/mol. The number of benzene rings is 2. The van der Waals surface area contributed by atoms with Gasteiger partial charge >= 0.3 is 0 Å². The van der Waals surface area contributed by atoms with Crippen LogP contribution in [0, 0.1) is 0 Å². The maximum Gasteiger partial charge on any atom is 0.205 e. The number of nitrogen functional groups attached to an aromatic ring is 1. The molecule has 0 spiro atoms. The second-order valence-electron chi connectivity index (χ2n) is 6.47. The first-order chi connectivity index (χ1) is 13.3. The summed E-state index contributed by atoms with van der Waals surface area (Å²) in [6.45, 7) is 2.15. The number of hydrogen-bond acceptors (Lipinski definition) is 5. The van der Waals surface area contributed by atoms with Crippen LogP contribution >= 0.6 is 0 Å². The second kappa shape index (κ2) is 7.41. The van der Waals surface area contributed by atoms with Crippen LogP contribution in [-0.2, 0) is 12.8 Å². The van der Waals surface area contributed by atoms with Crippen molar-refractivity contribution in [3.8, 4) is 22.5 Å². The lowest BCUT2D eigenvalue weighted by Gasteiger charge is -2.09. The van der Waals surface area contributed by atoms with Gasteiger partial charge in [0.15, 0.2) is 0 Å². The van der Waals surface area contributed by atoms with E-state index in [9.17, 15) is 0 Å². The molecule has 0 atom stereocenters. The van der Waals surface area contributed by atoms with Crippen LogP contribution in [0.5, 0.6) is 0 Å². The molecule has 0 saturated heterocycles. The van der Waals surface area contributed by atoms with Crippen molar-refractivity contribution in [2.24, 2.45) is 0 Å². The minimum atomic E-state index is 0.588. The third-order valence-corrected chi connectivity index (χ3v) is 4.64. The van der Waals surface area contributed by atoms with E-state index >= 15 is 0 Å². The van der Waals surface area contributed by atoms with Crippen LogP contribution in [0.3, 0.4) is 0 Å². The van der Waals surface area contributed by atoms with E-state index in [0.717, 1.165) is 47.2 Å². The molecule has 4 N–H and O–H groups in total. The van der Waals surface area contributed by atoms with E-state index in [-0.39, 0.29) is 0 Å². The molecule has 0 aliphatic heterocycles. The fraction of sp³-hybridized carbons (Fsp3) is 0.200. The van der Waals surface area contributed by atoms with Gasteiger partial charge in [0.1, 0.15) is 5.82 Å². The molecule has 2 aromatic heterocycles. The summed E-state index contributed by atoms with van der Waals surface area (Å²) in [6, 6.07) is 16.5. The number of aromatic nitrogens is 6. The summed E-state index contributed by atoms with van der Waals surface area (Å²) in [5, 5.41) is 21.6. The van der Waals surface area contributed by atoms with Gasteiger partial charge in [-0.1, -0.05) is 61.9 Å². The molecule has 0 saturated carbocycles. The quantitative estimate of drug-likeness (QED) is 0.489. The Balaban J connectivity index is 1.62. The number of aryl methyl sites for hydroxylation is 1. The van der Waals surface area contributed by atoms with E-state index < -0.39 is 0 Å². The predicted molar refractivity (Wildman–Crippen MR) is 105 cm³/mol. The number of tetrazole rings is 1. The van der Waals surface area contributed by atoms with Gasteiger partial charge in [0.2, 0.25) is 5.82 Å². The van der Waals surface area contributed by atoms with E-state index in [2.05, 4.69) is 68.1 Å². The molecule has 27 heavy (non-hydrogen) atoms. The highest BCUT2D eigenvalue weighted by molar-refractivity contribution is 5.80. The molecule has 7 nitrogen and oxygen atoms in total. The highest BCUT2D eigenvalue weighted by Gasteiger charge is 2.13. The maximum atomic E-state index is 6.05. The molecule has 136 valence electrons. The summed E-state index contributed by atoms with van der Waals surface area (Å²) in [6.07, 6.45) is 2.78. The van der Waals surface area contributed by atoms with E-state index in [1.165, 1.54) is 5.56 Å². The van der Waals surface area contributed by atoms with Gasteiger partial charge in [-0.3, -0.25) is 5.10 Å². The van der Waals surface area contributed by atoms with Crippen molar-refractivity contribution < 1.29 is 0 Å². The Bertz CT molecular complexity index is 1020. The summed E-state index contributed by atoms with van der Waals surface area (Å²) in [5.41, 5.74) is 12.6. The van der Waals surface area contributed by atoms with Gasteiger partial charge in [0.05, 0.1) is 0 Å². The molecule has 0 radical (unpaired) electrons. The summed E-state index contributed by atoms with van der Waals surface area (Å²) in [7, 11) is 0. The Kier molecular flexibility index (Phi) is 4.65. The number of hydrogen-bond donors (Lipinski definition) is 3. The molecular weight excluding hydrogens is 338 g/mol. The number of nitrogens with one attached hydrogen (secondary N) is 2. The van der Waals surface area contributed by atoms with Crippen molar-refractivity contribution >= 4 is 5.82 Å². The number of H-pyrrole nitrogens is 2. The maximum absolute atomic E-state index is 6.05. The Morgan fingerprint density at radius 1 is 0.963 bits per heavy atom. The molecule has 4 aromatic rings. The van der Waals surface area contributed by atoms with Crippen LogP contribution < -0.4 is 5.73 Å². The van der Waals surface area contributed by atoms with Crippen molar-refractivity contribution in [3.05, 3.63) is 65.4 Å². The third kappa shape index (κ3) is 3.44. The zero-order chi connectivity index (χ0) is 18.6. The fourth-order valence-corrected chi connectivity index (χ4v) is 3.28. The first-order valence-electron chi connectivity index (χ1n) is 9.00. The minimum Gasteiger partial charge on any atom is -0.382 e. The smallest absolute Gasteiger partial charge is 0.205 e. The van der Waals surface area contributed by atoms with Crippen molar-refractivity contribution in [2.75, 3.05) is 5.73 Å². The number of anilines is 1. The van der Waals surface area contributed by atoms with E-state index in [0.29, 0.717) is 11.6 Å². The van der Waals surface area contributed by atoms with Crippen molar-refractivity contribution in [3.63, 3.8) is 0 Å². The molecule has 0 fully saturated rings. The SMILES string of the molecule is CCCc1[nH]nc(N)c1Cc1ccc(-c2ccccc2-c2nn[nH]n2)cc1. The Morgan fingerprint density at radius 2 is 1.74 bits per heavy atom. The number of aromatic amines is 2. The molecule has 4 rings (SSSR count). The minimum absolute atomic E-state index is 0.588. The molecule has 0 aliphatic rings. The van der Waals surface area contributed by atoms with E-state index in [1.54, 1.807) is 0 Å². The molecule has 2 aromatic carbocycles. The van der Waals surface area contributed by atoms with Crippen molar-refractivity contribution in [1.29, 1.82) is 0 Å². The normalized spacial score (nSPS) is 11.0. The second-order valence-corrected chi connectivity index (χ2v) is 6.47. The van der Waals surface area contributed by atoms with Crippen molar-refractivity contribution in [1.82, 2.24) is 30.8 Å². The number of nitrogens with two attached hydrogens (primary N) is 1. The van der Waals surface area contributed by atoms with Gasteiger partial charge in [0.25, 0.3) is 0 Å². The van der Waals surface area contributed by atoms with Crippen LogP contribution in [-0.4, -0.2) is 30.8 Å². The highest BCUT2D eigenvalue weighted by atomic mass is 15.5.